The fraction of sp³-hybridized carbons (Fsp3) is 0.235. The first-order valence-corrected chi connectivity index (χ1v) is 7.09. The number of hydrogen-bond acceptors (Lipinski definition) is 2. The van der Waals surface area contributed by atoms with Gasteiger partial charge in [-0.05, 0) is 43.2 Å². The van der Waals surface area contributed by atoms with Crippen LogP contribution in [-0.2, 0) is 6.42 Å². The average molecular weight is 302 g/mol. The van der Waals surface area contributed by atoms with Gasteiger partial charge in [0.05, 0.1) is 0 Å². The second-order valence-electron chi connectivity index (χ2n) is 4.91. The summed E-state index contributed by atoms with van der Waals surface area (Å²) in [4.78, 5) is 11.6. The molecule has 2 aromatic rings. The van der Waals surface area contributed by atoms with Crippen molar-refractivity contribution in [2.45, 2.75) is 13.3 Å². The highest BCUT2D eigenvalue weighted by Gasteiger charge is 2.00. The zero-order valence-electron chi connectivity index (χ0n) is 12.4. The van der Waals surface area contributed by atoms with Crippen LogP contribution >= 0.6 is 0 Å². The third-order valence-electron chi connectivity index (χ3n) is 3.11. The quantitative estimate of drug-likeness (QED) is 0.806. The molecule has 0 fully saturated rings. The highest BCUT2D eigenvalue weighted by atomic mass is 19.1. The first-order chi connectivity index (χ1) is 10.6. The Morgan fingerprint density at radius 3 is 2.41 bits per heavy atom. The van der Waals surface area contributed by atoms with Crippen molar-refractivity contribution in [2.75, 3.05) is 13.3 Å². The van der Waals surface area contributed by atoms with Crippen LogP contribution in [-0.4, -0.2) is 19.3 Å². The molecule has 0 saturated heterocycles. The number of benzene rings is 2. The van der Waals surface area contributed by atoms with Crippen molar-refractivity contribution in [2.24, 2.45) is 0 Å². The van der Waals surface area contributed by atoms with E-state index in [9.17, 15) is 9.18 Å². The predicted molar refractivity (Wildman–Crippen MR) is 83.3 cm³/mol. The predicted octanol–water partition coefficient (Wildman–Crippen LogP) is 3.01. The average Bonchev–Trinajstić information content (AvgIpc) is 2.51. The Morgan fingerprint density at radius 2 is 1.73 bits per heavy atom. The fourth-order valence-corrected chi connectivity index (χ4v) is 1.85. The molecule has 2 rings (SSSR count). The van der Waals surface area contributed by atoms with Gasteiger partial charge >= 0.3 is 6.03 Å². The van der Waals surface area contributed by atoms with E-state index in [2.05, 4.69) is 10.6 Å². The molecule has 22 heavy (non-hydrogen) atoms. The van der Waals surface area contributed by atoms with Gasteiger partial charge in [0.15, 0.2) is 6.73 Å². The third-order valence-corrected chi connectivity index (χ3v) is 3.11. The largest absolute Gasteiger partial charge is 0.473 e. The molecular weight excluding hydrogens is 283 g/mol. The maximum Gasteiger partial charge on any atom is 0.317 e. The van der Waals surface area contributed by atoms with E-state index >= 15 is 0 Å². The van der Waals surface area contributed by atoms with Gasteiger partial charge in [-0.1, -0.05) is 29.8 Å². The molecule has 0 radical (unpaired) electrons. The summed E-state index contributed by atoms with van der Waals surface area (Å²) in [6.07, 6.45) is 0.645. The molecule has 0 unspecified atom stereocenters. The summed E-state index contributed by atoms with van der Waals surface area (Å²) in [7, 11) is 0. The topological polar surface area (TPSA) is 50.4 Å². The maximum absolute atomic E-state index is 12.7. The minimum Gasteiger partial charge on any atom is -0.473 e. The highest BCUT2D eigenvalue weighted by molar-refractivity contribution is 5.73. The second-order valence-corrected chi connectivity index (χ2v) is 4.91. The normalized spacial score (nSPS) is 10.1. The van der Waals surface area contributed by atoms with Crippen LogP contribution in [0.4, 0.5) is 9.18 Å². The molecule has 0 spiro atoms. The van der Waals surface area contributed by atoms with Crippen molar-refractivity contribution in [3.63, 3.8) is 0 Å². The Bertz CT molecular complexity index is 544. The molecule has 0 saturated carbocycles. The van der Waals surface area contributed by atoms with Gasteiger partial charge in [-0.2, -0.15) is 0 Å². The molecule has 0 aromatic heterocycles. The Kier molecular flexibility index (Phi) is 5.77. The summed E-state index contributed by atoms with van der Waals surface area (Å²) >= 11 is 0. The van der Waals surface area contributed by atoms with Crippen LogP contribution in [0.1, 0.15) is 11.1 Å². The van der Waals surface area contributed by atoms with E-state index in [0.29, 0.717) is 18.7 Å². The van der Waals surface area contributed by atoms with E-state index in [-0.39, 0.29) is 18.6 Å². The molecule has 0 aliphatic carbocycles. The lowest BCUT2D eigenvalue weighted by molar-refractivity contribution is 0.224. The number of carbonyl (C=O) groups is 1. The minimum atomic E-state index is -0.297. The summed E-state index contributed by atoms with van der Waals surface area (Å²) < 4.78 is 18.1. The van der Waals surface area contributed by atoms with Crippen LogP contribution in [0.15, 0.2) is 48.5 Å². The van der Waals surface area contributed by atoms with Crippen molar-refractivity contribution >= 4 is 6.03 Å². The number of urea groups is 1. The molecule has 0 bridgehead atoms. The standard InChI is InChI=1S/C17H19FN2O2/c1-13-2-8-16(9-3-13)22-12-20-17(21)19-11-10-14-4-6-15(18)7-5-14/h2-9H,10-12H2,1H3,(H2,19,20,21). The van der Waals surface area contributed by atoms with Gasteiger partial charge in [0.25, 0.3) is 0 Å². The number of ether oxygens (including phenoxy) is 1. The molecule has 0 heterocycles. The summed E-state index contributed by atoms with van der Waals surface area (Å²) in [6, 6.07) is 13.5. The summed E-state index contributed by atoms with van der Waals surface area (Å²) in [6.45, 7) is 2.57. The van der Waals surface area contributed by atoms with E-state index < -0.39 is 0 Å². The van der Waals surface area contributed by atoms with Crippen molar-refractivity contribution in [3.8, 4) is 5.75 Å². The van der Waals surface area contributed by atoms with Gasteiger partial charge < -0.3 is 15.4 Å². The van der Waals surface area contributed by atoms with Crippen molar-refractivity contribution < 1.29 is 13.9 Å². The number of nitrogens with one attached hydrogen (secondary N) is 2. The van der Waals surface area contributed by atoms with Gasteiger partial charge in [0.1, 0.15) is 11.6 Å². The monoisotopic (exact) mass is 302 g/mol. The van der Waals surface area contributed by atoms with Crippen LogP contribution < -0.4 is 15.4 Å². The molecule has 2 amide bonds. The van der Waals surface area contributed by atoms with E-state index in [1.807, 2.05) is 31.2 Å². The van der Waals surface area contributed by atoms with E-state index in [1.54, 1.807) is 12.1 Å². The molecule has 0 aliphatic rings. The lowest BCUT2D eigenvalue weighted by Crippen LogP contribution is -2.38. The Balaban J connectivity index is 1.61. The van der Waals surface area contributed by atoms with Crippen LogP contribution in [0.5, 0.6) is 5.75 Å². The van der Waals surface area contributed by atoms with Crippen LogP contribution in [0.25, 0.3) is 0 Å². The summed E-state index contributed by atoms with van der Waals surface area (Å²) in [5.74, 6) is 0.444. The SMILES string of the molecule is Cc1ccc(OCNC(=O)NCCc2ccc(F)cc2)cc1. The van der Waals surface area contributed by atoms with Gasteiger partial charge in [-0.15, -0.1) is 0 Å². The highest BCUT2D eigenvalue weighted by Crippen LogP contribution is 2.10. The number of rotatable bonds is 6. The number of aryl methyl sites for hydroxylation is 1. The van der Waals surface area contributed by atoms with Gasteiger partial charge in [-0.3, -0.25) is 0 Å². The lowest BCUT2D eigenvalue weighted by Gasteiger charge is -2.09. The van der Waals surface area contributed by atoms with E-state index in [4.69, 9.17) is 4.74 Å². The molecule has 0 aliphatic heterocycles. The van der Waals surface area contributed by atoms with Crippen LogP contribution in [0.2, 0.25) is 0 Å². The lowest BCUT2D eigenvalue weighted by atomic mass is 10.1. The van der Waals surface area contributed by atoms with Gasteiger partial charge in [-0.25, -0.2) is 9.18 Å². The fourth-order valence-electron chi connectivity index (χ4n) is 1.85. The smallest absolute Gasteiger partial charge is 0.317 e. The molecule has 0 atom stereocenters. The summed E-state index contributed by atoms with van der Waals surface area (Å²) in [5, 5.41) is 5.33. The maximum atomic E-state index is 12.7. The van der Waals surface area contributed by atoms with Crippen LogP contribution in [0.3, 0.4) is 0 Å². The number of hydrogen-bond donors (Lipinski definition) is 2. The zero-order chi connectivity index (χ0) is 15.8. The minimum absolute atomic E-state index is 0.103. The number of carbonyl (C=O) groups excluding carboxylic acids is 1. The van der Waals surface area contributed by atoms with Gasteiger partial charge in [0.2, 0.25) is 0 Å². The molecule has 4 nitrogen and oxygen atoms in total. The van der Waals surface area contributed by atoms with Crippen molar-refractivity contribution in [1.82, 2.24) is 10.6 Å². The second kappa shape index (κ2) is 8.02. The first kappa shape index (κ1) is 15.8. The Labute approximate surface area is 129 Å². The zero-order valence-corrected chi connectivity index (χ0v) is 12.4. The third kappa shape index (κ3) is 5.44. The Morgan fingerprint density at radius 1 is 1.05 bits per heavy atom. The summed E-state index contributed by atoms with van der Waals surface area (Å²) in [5.41, 5.74) is 2.12. The van der Waals surface area contributed by atoms with E-state index in [0.717, 1.165) is 11.1 Å². The number of amides is 2. The van der Waals surface area contributed by atoms with E-state index in [1.165, 1.54) is 12.1 Å². The van der Waals surface area contributed by atoms with Crippen molar-refractivity contribution in [1.29, 1.82) is 0 Å². The molecule has 2 N–H and O–H groups in total. The molecule has 2 aromatic carbocycles. The van der Waals surface area contributed by atoms with Crippen molar-refractivity contribution in [3.05, 3.63) is 65.5 Å². The van der Waals surface area contributed by atoms with Crippen LogP contribution in [0, 0.1) is 12.7 Å². The number of halogens is 1. The van der Waals surface area contributed by atoms with Gasteiger partial charge in [0, 0.05) is 6.54 Å². The molecule has 5 heteroatoms. The molecule has 116 valence electrons. The Hall–Kier alpha value is -2.56. The molecular formula is C17H19FN2O2. The first-order valence-electron chi connectivity index (χ1n) is 7.09.